The van der Waals surface area contributed by atoms with E-state index < -0.39 is 0 Å². The summed E-state index contributed by atoms with van der Waals surface area (Å²) in [7, 11) is 2.18. The van der Waals surface area contributed by atoms with Crippen LogP contribution in [0.2, 0.25) is 0 Å². The molecule has 2 aliphatic rings. The van der Waals surface area contributed by atoms with Crippen LogP contribution >= 0.6 is 11.8 Å². The summed E-state index contributed by atoms with van der Waals surface area (Å²) in [5.74, 6) is 3.30. The smallest absolute Gasteiger partial charge is 0.0287 e. The number of thioether (sulfide) groups is 1. The topological polar surface area (TPSA) is 12.0 Å². The van der Waals surface area contributed by atoms with Crippen LogP contribution in [0.25, 0.3) is 0 Å². The lowest BCUT2D eigenvalue weighted by Crippen LogP contribution is -2.49. The molecule has 2 rings (SSSR count). The van der Waals surface area contributed by atoms with Crippen LogP contribution in [-0.4, -0.2) is 23.6 Å². The lowest BCUT2D eigenvalue weighted by molar-refractivity contribution is 0.189. The Hall–Kier alpha value is 0.310. The third-order valence-electron chi connectivity index (χ3n) is 5.09. The van der Waals surface area contributed by atoms with Crippen molar-refractivity contribution in [3.8, 4) is 0 Å². The summed E-state index contributed by atoms with van der Waals surface area (Å²) in [6.45, 7) is 4.87. The zero-order valence-corrected chi connectivity index (χ0v) is 12.6. The zero-order valence-electron chi connectivity index (χ0n) is 11.8. The van der Waals surface area contributed by atoms with Crippen LogP contribution < -0.4 is 5.32 Å². The zero-order chi connectivity index (χ0) is 12.3. The Kier molecular flexibility index (Phi) is 4.82. The molecule has 0 aromatic rings. The molecule has 0 radical (unpaired) electrons. The van der Waals surface area contributed by atoms with E-state index in [4.69, 9.17) is 0 Å². The van der Waals surface area contributed by atoms with Gasteiger partial charge in [-0.1, -0.05) is 26.2 Å². The SMILES string of the molecule is CCC1CCCC(C(NC)C2(C)CCCS2)C1. The van der Waals surface area contributed by atoms with Gasteiger partial charge in [0.15, 0.2) is 0 Å². The monoisotopic (exact) mass is 255 g/mol. The fourth-order valence-corrected chi connectivity index (χ4v) is 5.63. The van der Waals surface area contributed by atoms with Gasteiger partial charge in [-0.15, -0.1) is 0 Å². The van der Waals surface area contributed by atoms with Gasteiger partial charge in [0, 0.05) is 10.8 Å². The molecule has 1 nitrogen and oxygen atoms in total. The van der Waals surface area contributed by atoms with Crippen LogP contribution in [0, 0.1) is 11.8 Å². The van der Waals surface area contributed by atoms with Crippen LogP contribution in [0.15, 0.2) is 0 Å². The molecule has 1 saturated heterocycles. The molecule has 4 atom stereocenters. The first-order valence-corrected chi connectivity index (χ1v) is 8.49. The second-order valence-electron chi connectivity index (χ2n) is 6.23. The third kappa shape index (κ3) is 3.01. The minimum absolute atomic E-state index is 0.509. The fourth-order valence-electron chi connectivity index (χ4n) is 4.09. The van der Waals surface area contributed by atoms with Gasteiger partial charge < -0.3 is 5.32 Å². The molecule has 4 unspecified atom stereocenters. The molecule has 0 aromatic heterocycles. The molecule has 2 heteroatoms. The molecule has 0 spiro atoms. The molecular formula is C15H29NS. The van der Waals surface area contributed by atoms with E-state index in [0.29, 0.717) is 4.75 Å². The number of hydrogen-bond donors (Lipinski definition) is 1. The van der Waals surface area contributed by atoms with Crippen LogP contribution in [0.5, 0.6) is 0 Å². The Morgan fingerprint density at radius 1 is 1.35 bits per heavy atom. The first-order valence-electron chi connectivity index (χ1n) is 7.51. The van der Waals surface area contributed by atoms with Gasteiger partial charge in [-0.2, -0.15) is 11.8 Å². The Morgan fingerprint density at radius 2 is 2.18 bits per heavy atom. The van der Waals surface area contributed by atoms with Gasteiger partial charge in [-0.05, 0) is 57.2 Å². The largest absolute Gasteiger partial charge is 0.315 e. The van der Waals surface area contributed by atoms with E-state index in [-0.39, 0.29) is 0 Å². The molecule has 1 N–H and O–H groups in total. The van der Waals surface area contributed by atoms with Crippen molar-refractivity contribution in [2.75, 3.05) is 12.8 Å². The van der Waals surface area contributed by atoms with Crippen molar-refractivity contribution >= 4 is 11.8 Å². The maximum absolute atomic E-state index is 3.68. The van der Waals surface area contributed by atoms with Gasteiger partial charge in [-0.3, -0.25) is 0 Å². The van der Waals surface area contributed by atoms with E-state index in [9.17, 15) is 0 Å². The molecule has 2 fully saturated rings. The highest BCUT2D eigenvalue weighted by molar-refractivity contribution is 8.00. The van der Waals surface area contributed by atoms with Crippen molar-refractivity contribution in [1.29, 1.82) is 0 Å². The normalized spacial score (nSPS) is 40.4. The highest BCUT2D eigenvalue weighted by atomic mass is 32.2. The molecule has 1 aliphatic heterocycles. The summed E-state index contributed by atoms with van der Waals surface area (Å²) in [4.78, 5) is 0. The summed E-state index contributed by atoms with van der Waals surface area (Å²) in [5.41, 5.74) is 0. The lowest BCUT2D eigenvalue weighted by Gasteiger charge is -2.42. The quantitative estimate of drug-likeness (QED) is 0.812. The maximum Gasteiger partial charge on any atom is 0.0287 e. The summed E-state index contributed by atoms with van der Waals surface area (Å²) < 4.78 is 0.509. The average molecular weight is 255 g/mol. The van der Waals surface area contributed by atoms with E-state index in [1.54, 1.807) is 0 Å². The predicted octanol–water partition coefficient (Wildman–Crippen LogP) is 4.08. The molecule has 0 amide bonds. The Morgan fingerprint density at radius 3 is 2.76 bits per heavy atom. The van der Waals surface area contributed by atoms with Crippen molar-refractivity contribution in [3.05, 3.63) is 0 Å². The Labute approximate surface area is 112 Å². The minimum atomic E-state index is 0.509. The van der Waals surface area contributed by atoms with Crippen molar-refractivity contribution < 1.29 is 0 Å². The standard InChI is InChI=1S/C15H29NS/c1-4-12-7-5-8-13(11-12)14(16-3)15(2)9-6-10-17-15/h12-14,16H,4-11H2,1-3H3. The lowest BCUT2D eigenvalue weighted by atomic mass is 9.73. The molecule has 0 bridgehead atoms. The molecule has 17 heavy (non-hydrogen) atoms. The molecular weight excluding hydrogens is 226 g/mol. The molecule has 1 saturated carbocycles. The van der Waals surface area contributed by atoms with Crippen molar-refractivity contribution in [2.24, 2.45) is 11.8 Å². The second-order valence-corrected chi connectivity index (χ2v) is 7.86. The second kappa shape index (κ2) is 5.97. The van der Waals surface area contributed by atoms with Crippen molar-refractivity contribution in [1.82, 2.24) is 5.32 Å². The molecule has 100 valence electrons. The van der Waals surface area contributed by atoms with Gasteiger partial charge >= 0.3 is 0 Å². The van der Waals surface area contributed by atoms with Gasteiger partial charge in [0.1, 0.15) is 0 Å². The van der Waals surface area contributed by atoms with Gasteiger partial charge in [-0.25, -0.2) is 0 Å². The maximum atomic E-state index is 3.68. The first kappa shape index (κ1) is 13.7. The van der Waals surface area contributed by atoms with Crippen LogP contribution in [0.3, 0.4) is 0 Å². The predicted molar refractivity (Wildman–Crippen MR) is 78.7 cm³/mol. The van der Waals surface area contributed by atoms with Crippen LogP contribution in [0.1, 0.15) is 58.8 Å². The number of nitrogens with one attached hydrogen (secondary N) is 1. The van der Waals surface area contributed by atoms with E-state index in [1.165, 1.54) is 50.7 Å². The average Bonchev–Trinajstić information content (AvgIpc) is 2.78. The number of hydrogen-bond acceptors (Lipinski definition) is 2. The van der Waals surface area contributed by atoms with E-state index >= 15 is 0 Å². The van der Waals surface area contributed by atoms with Crippen LogP contribution in [0.4, 0.5) is 0 Å². The summed E-state index contributed by atoms with van der Waals surface area (Å²) >= 11 is 2.22. The molecule has 1 heterocycles. The highest BCUT2D eigenvalue weighted by Gasteiger charge is 2.42. The van der Waals surface area contributed by atoms with Crippen molar-refractivity contribution in [2.45, 2.75) is 69.6 Å². The van der Waals surface area contributed by atoms with Crippen LogP contribution in [-0.2, 0) is 0 Å². The first-order chi connectivity index (χ1) is 8.19. The van der Waals surface area contributed by atoms with Gasteiger partial charge in [0.25, 0.3) is 0 Å². The van der Waals surface area contributed by atoms with Crippen molar-refractivity contribution in [3.63, 3.8) is 0 Å². The Bertz CT molecular complexity index is 235. The summed E-state index contributed by atoms with van der Waals surface area (Å²) in [6, 6.07) is 0.740. The Balaban J connectivity index is 2.01. The van der Waals surface area contributed by atoms with E-state index in [0.717, 1.165) is 17.9 Å². The fraction of sp³-hybridized carbons (Fsp3) is 1.00. The summed E-state index contributed by atoms with van der Waals surface area (Å²) in [5, 5.41) is 3.68. The highest BCUT2D eigenvalue weighted by Crippen LogP contribution is 2.46. The summed E-state index contributed by atoms with van der Waals surface area (Å²) in [6.07, 6.45) is 10.1. The minimum Gasteiger partial charge on any atom is -0.315 e. The molecule has 0 aromatic carbocycles. The van der Waals surface area contributed by atoms with Gasteiger partial charge in [0.05, 0.1) is 0 Å². The molecule has 1 aliphatic carbocycles. The van der Waals surface area contributed by atoms with E-state index in [2.05, 4.69) is 38.0 Å². The third-order valence-corrected chi connectivity index (χ3v) is 6.70. The van der Waals surface area contributed by atoms with E-state index in [1.807, 2.05) is 0 Å². The number of rotatable bonds is 4. The van der Waals surface area contributed by atoms with Gasteiger partial charge in [0.2, 0.25) is 0 Å².